The molecule has 5 heteroatoms. The van der Waals surface area contributed by atoms with Crippen molar-refractivity contribution < 1.29 is 14.7 Å². The summed E-state index contributed by atoms with van der Waals surface area (Å²) in [4.78, 5) is 21.3. The van der Waals surface area contributed by atoms with Crippen molar-refractivity contribution in [2.75, 3.05) is 0 Å². The lowest BCUT2D eigenvalue weighted by molar-refractivity contribution is -0.146. The Morgan fingerprint density at radius 1 is 1.54 bits per heavy atom. The quantitative estimate of drug-likeness (QED) is 0.542. The number of carboxylic acids is 1. The van der Waals surface area contributed by atoms with Crippen LogP contribution in [-0.4, -0.2) is 29.1 Å². The van der Waals surface area contributed by atoms with Crippen LogP contribution in [-0.2, 0) is 9.59 Å². The number of hydrogen-bond donors (Lipinski definition) is 3. The highest BCUT2D eigenvalue weighted by Gasteiger charge is 2.37. The third-order valence-electron chi connectivity index (χ3n) is 2.48. The van der Waals surface area contributed by atoms with E-state index in [0.29, 0.717) is 6.42 Å². The Morgan fingerprint density at radius 3 is 2.46 bits per heavy atom. The molecule has 0 aromatic carbocycles. The second-order valence-electron chi connectivity index (χ2n) is 3.42. The van der Waals surface area contributed by atoms with E-state index in [0.717, 1.165) is 6.42 Å². The van der Waals surface area contributed by atoms with E-state index < -0.39 is 17.9 Å². The molecular formula is C8H14N2O3. The molecule has 0 radical (unpaired) electrons. The topological polar surface area (TPSA) is 92.4 Å². The summed E-state index contributed by atoms with van der Waals surface area (Å²) in [6.07, 6.45) is 1.48. The standard InChI is InChI=1S/C8H14N2O3/c1-4(7(9)11)10-6-3-2-5(6)8(12)13/h4-6,10H,2-3H2,1H3,(H2,9,11)(H,12,13). The van der Waals surface area contributed by atoms with E-state index in [1.54, 1.807) is 6.92 Å². The molecule has 0 aliphatic heterocycles. The van der Waals surface area contributed by atoms with Crippen LogP contribution in [0.3, 0.4) is 0 Å². The first-order valence-electron chi connectivity index (χ1n) is 4.30. The highest BCUT2D eigenvalue weighted by Crippen LogP contribution is 2.27. The van der Waals surface area contributed by atoms with Crippen molar-refractivity contribution in [2.45, 2.75) is 31.8 Å². The minimum absolute atomic E-state index is 0.0972. The summed E-state index contributed by atoms with van der Waals surface area (Å²) in [5.74, 6) is -1.61. The minimum Gasteiger partial charge on any atom is -0.481 e. The normalized spacial score (nSPS) is 29.0. The molecular weight excluding hydrogens is 172 g/mol. The second-order valence-corrected chi connectivity index (χ2v) is 3.42. The van der Waals surface area contributed by atoms with Crippen LogP contribution in [0, 0.1) is 5.92 Å². The Bertz CT molecular complexity index is 229. The predicted octanol–water partition coefficient (Wildman–Crippen LogP) is -0.687. The van der Waals surface area contributed by atoms with Crippen LogP contribution in [0.2, 0.25) is 0 Å². The maximum absolute atomic E-state index is 10.7. The average Bonchev–Trinajstić information content (AvgIpc) is 1.95. The Hall–Kier alpha value is -1.10. The Balaban J connectivity index is 2.38. The third kappa shape index (κ3) is 2.18. The van der Waals surface area contributed by atoms with Gasteiger partial charge in [0.15, 0.2) is 0 Å². The molecule has 0 saturated heterocycles. The van der Waals surface area contributed by atoms with Crippen molar-refractivity contribution in [3.8, 4) is 0 Å². The van der Waals surface area contributed by atoms with E-state index in [2.05, 4.69) is 5.32 Å². The summed E-state index contributed by atoms with van der Waals surface area (Å²) in [7, 11) is 0. The lowest BCUT2D eigenvalue weighted by Gasteiger charge is -2.35. The molecule has 4 N–H and O–H groups in total. The van der Waals surface area contributed by atoms with Crippen molar-refractivity contribution in [3.63, 3.8) is 0 Å². The van der Waals surface area contributed by atoms with Gasteiger partial charge in [-0.15, -0.1) is 0 Å². The first-order valence-corrected chi connectivity index (χ1v) is 4.30. The van der Waals surface area contributed by atoms with Gasteiger partial charge in [0.2, 0.25) is 5.91 Å². The van der Waals surface area contributed by atoms with Gasteiger partial charge in [-0.2, -0.15) is 0 Å². The number of carbonyl (C=O) groups excluding carboxylic acids is 1. The van der Waals surface area contributed by atoms with Crippen LogP contribution in [0.5, 0.6) is 0 Å². The van der Waals surface area contributed by atoms with Gasteiger partial charge in [0, 0.05) is 6.04 Å². The molecule has 1 saturated carbocycles. The fourth-order valence-corrected chi connectivity index (χ4v) is 1.40. The molecule has 0 aromatic heterocycles. The maximum Gasteiger partial charge on any atom is 0.308 e. The fraction of sp³-hybridized carbons (Fsp3) is 0.750. The zero-order valence-corrected chi connectivity index (χ0v) is 7.49. The third-order valence-corrected chi connectivity index (χ3v) is 2.48. The largest absolute Gasteiger partial charge is 0.481 e. The predicted molar refractivity (Wildman–Crippen MR) is 45.9 cm³/mol. The number of aliphatic carboxylic acids is 1. The summed E-state index contributed by atoms with van der Waals surface area (Å²) in [6, 6.07) is -0.549. The summed E-state index contributed by atoms with van der Waals surface area (Å²) < 4.78 is 0. The van der Waals surface area contributed by atoms with Crippen molar-refractivity contribution in [1.29, 1.82) is 0 Å². The highest BCUT2D eigenvalue weighted by atomic mass is 16.4. The maximum atomic E-state index is 10.7. The van der Waals surface area contributed by atoms with Gasteiger partial charge in [-0.25, -0.2) is 0 Å². The van der Waals surface area contributed by atoms with Gasteiger partial charge in [-0.05, 0) is 19.8 Å². The summed E-state index contributed by atoms with van der Waals surface area (Å²) >= 11 is 0. The number of rotatable bonds is 4. The van der Waals surface area contributed by atoms with Gasteiger partial charge in [0.05, 0.1) is 12.0 Å². The smallest absolute Gasteiger partial charge is 0.308 e. The Kier molecular flexibility index (Phi) is 2.87. The SMILES string of the molecule is CC(NC1CCC1C(=O)O)C(N)=O. The van der Waals surface area contributed by atoms with E-state index in [9.17, 15) is 9.59 Å². The van der Waals surface area contributed by atoms with Crippen LogP contribution in [0.15, 0.2) is 0 Å². The van der Waals surface area contributed by atoms with Crippen LogP contribution in [0.4, 0.5) is 0 Å². The molecule has 0 heterocycles. The molecule has 74 valence electrons. The molecule has 3 unspecified atom stereocenters. The van der Waals surface area contributed by atoms with Crippen molar-refractivity contribution >= 4 is 11.9 Å². The number of nitrogens with one attached hydrogen (secondary N) is 1. The van der Waals surface area contributed by atoms with Gasteiger partial charge in [0.1, 0.15) is 0 Å². The van der Waals surface area contributed by atoms with E-state index >= 15 is 0 Å². The van der Waals surface area contributed by atoms with Gasteiger partial charge >= 0.3 is 5.97 Å². The van der Waals surface area contributed by atoms with E-state index in [1.807, 2.05) is 0 Å². The van der Waals surface area contributed by atoms with Gasteiger partial charge in [-0.1, -0.05) is 0 Å². The average molecular weight is 186 g/mol. The number of primary amides is 1. The van der Waals surface area contributed by atoms with Crippen LogP contribution in [0.25, 0.3) is 0 Å². The van der Waals surface area contributed by atoms with Crippen LogP contribution in [0.1, 0.15) is 19.8 Å². The molecule has 1 amide bonds. The van der Waals surface area contributed by atoms with Crippen molar-refractivity contribution in [3.05, 3.63) is 0 Å². The number of amides is 1. The number of nitrogens with two attached hydrogens (primary N) is 1. The monoisotopic (exact) mass is 186 g/mol. The van der Waals surface area contributed by atoms with Crippen LogP contribution < -0.4 is 11.1 Å². The van der Waals surface area contributed by atoms with Crippen molar-refractivity contribution in [2.24, 2.45) is 11.7 Å². The lowest BCUT2D eigenvalue weighted by Crippen LogP contribution is -2.53. The van der Waals surface area contributed by atoms with Gasteiger partial charge < -0.3 is 16.2 Å². The molecule has 0 spiro atoms. The molecule has 3 atom stereocenters. The molecule has 5 nitrogen and oxygen atoms in total. The molecule has 1 fully saturated rings. The lowest BCUT2D eigenvalue weighted by atomic mass is 9.79. The fourth-order valence-electron chi connectivity index (χ4n) is 1.40. The summed E-state index contributed by atoms with van der Waals surface area (Å²) in [6.45, 7) is 1.64. The highest BCUT2D eigenvalue weighted by molar-refractivity contribution is 5.79. The summed E-state index contributed by atoms with van der Waals surface area (Å²) in [5.41, 5.74) is 5.04. The van der Waals surface area contributed by atoms with Gasteiger partial charge in [0.25, 0.3) is 0 Å². The zero-order valence-electron chi connectivity index (χ0n) is 7.49. The number of hydrogen-bond acceptors (Lipinski definition) is 3. The molecule has 1 rings (SSSR count). The van der Waals surface area contributed by atoms with Crippen molar-refractivity contribution in [1.82, 2.24) is 5.32 Å². The van der Waals surface area contributed by atoms with Gasteiger partial charge in [-0.3, -0.25) is 9.59 Å². The zero-order chi connectivity index (χ0) is 10.0. The Morgan fingerprint density at radius 2 is 2.15 bits per heavy atom. The number of carboxylic acid groups (broad SMARTS) is 1. The molecule has 13 heavy (non-hydrogen) atoms. The Labute approximate surface area is 76.3 Å². The van der Waals surface area contributed by atoms with E-state index in [-0.39, 0.29) is 12.0 Å². The molecule has 1 aliphatic carbocycles. The summed E-state index contributed by atoms with van der Waals surface area (Å²) in [5, 5.41) is 11.6. The molecule has 1 aliphatic rings. The van der Waals surface area contributed by atoms with Crippen LogP contribution >= 0.6 is 0 Å². The van der Waals surface area contributed by atoms with E-state index in [4.69, 9.17) is 10.8 Å². The molecule has 0 bridgehead atoms. The first kappa shape index (κ1) is 9.98. The first-order chi connectivity index (χ1) is 6.02. The van der Waals surface area contributed by atoms with E-state index in [1.165, 1.54) is 0 Å². The second kappa shape index (κ2) is 3.74. The minimum atomic E-state index is -0.805. The number of carbonyl (C=O) groups is 2. The molecule has 0 aromatic rings.